The van der Waals surface area contributed by atoms with E-state index >= 15 is 0 Å². The minimum Gasteiger partial charge on any atom is -0.352 e. The van der Waals surface area contributed by atoms with E-state index in [1.807, 2.05) is 0 Å². The lowest BCUT2D eigenvalue weighted by Crippen LogP contribution is -2.29. The summed E-state index contributed by atoms with van der Waals surface area (Å²) in [6, 6.07) is 4.60. The molecule has 0 saturated carbocycles. The van der Waals surface area contributed by atoms with Gasteiger partial charge in [-0.2, -0.15) is 0 Å². The first-order chi connectivity index (χ1) is 10.0. The van der Waals surface area contributed by atoms with Crippen LogP contribution in [0.15, 0.2) is 18.2 Å². The standard InChI is InChI=1S/C16H24N2O3/c1-4-6-8-13(5-2)11-17-16(19)14-9-7-10-15(12(14)3)18(20)21/h7,9-10,13H,4-6,8,11H2,1-3H3,(H,17,19)/t13-/m0/s1. The van der Waals surface area contributed by atoms with Crippen molar-refractivity contribution in [3.63, 3.8) is 0 Å². The summed E-state index contributed by atoms with van der Waals surface area (Å²) in [5.74, 6) is 0.235. The minimum atomic E-state index is -0.456. The Morgan fingerprint density at radius 3 is 2.67 bits per heavy atom. The van der Waals surface area contributed by atoms with Gasteiger partial charge in [-0.25, -0.2) is 0 Å². The minimum absolute atomic E-state index is 0.0133. The first-order valence-corrected chi connectivity index (χ1v) is 7.53. The molecule has 1 rings (SSSR count). The number of rotatable bonds is 8. The van der Waals surface area contributed by atoms with Crippen LogP contribution in [0, 0.1) is 23.0 Å². The van der Waals surface area contributed by atoms with E-state index in [1.165, 1.54) is 6.07 Å². The average molecular weight is 292 g/mol. The van der Waals surface area contributed by atoms with Gasteiger partial charge in [-0.05, 0) is 25.3 Å². The molecule has 0 aliphatic carbocycles. The highest BCUT2D eigenvalue weighted by molar-refractivity contribution is 5.96. The maximum absolute atomic E-state index is 12.2. The van der Waals surface area contributed by atoms with Crippen molar-refractivity contribution in [3.8, 4) is 0 Å². The second-order valence-corrected chi connectivity index (χ2v) is 5.33. The summed E-state index contributed by atoms with van der Waals surface area (Å²) in [5.41, 5.74) is 0.789. The van der Waals surface area contributed by atoms with E-state index in [0.717, 1.165) is 25.7 Å². The van der Waals surface area contributed by atoms with E-state index in [4.69, 9.17) is 0 Å². The third-order valence-corrected chi connectivity index (χ3v) is 3.84. The molecule has 5 heteroatoms. The van der Waals surface area contributed by atoms with Gasteiger partial charge in [0.05, 0.1) is 4.92 Å². The summed E-state index contributed by atoms with van der Waals surface area (Å²) >= 11 is 0. The van der Waals surface area contributed by atoms with Gasteiger partial charge in [0.15, 0.2) is 0 Å². The maximum Gasteiger partial charge on any atom is 0.273 e. The molecule has 1 amide bonds. The van der Waals surface area contributed by atoms with Crippen molar-refractivity contribution in [2.24, 2.45) is 5.92 Å². The molecule has 5 nitrogen and oxygen atoms in total. The van der Waals surface area contributed by atoms with Crippen molar-refractivity contribution in [2.45, 2.75) is 46.5 Å². The zero-order valence-electron chi connectivity index (χ0n) is 13.0. The van der Waals surface area contributed by atoms with Gasteiger partial charge < -0.3 is 5.32 Å². The van der Waals surface area contributed by atoms with E-state index in [1.54, 1.807) is 19.1 Å². The normalized spacial score (nSPS) is 12.0. The van der Waals surface area contributed by atoms with Crippen molar-refractivity contribution in [3.05, 3.63) is 39.4 Å². The third-order valence-electron chi connectivity index (χ3n) is 3.84. The Bertz CT molecular complexity index is 500. The van der Waals surface area contributed by atoms with Crippen LogP contribution in [0.2, 0.25) is 0 Å². The van der Waals surface area contributed by atoms with Crippen LogP contribution in [0.25, 0.3) is 0 Å². The second kappa shape index (κ2) is 8.39. The highest BCUT2D eigenvalue weighted by atomic mass is 16.6. The number of unbranched alkanes of at least 4 members (excludes halogenated alkanes) is 1. The van der Waals surface area contributed by atoms with E-state index < -0.39 is 4.92 Å². The number of benzene rings is 1. The molecule has 21 heavy (non-hydrogen) atoms. The number of amides is 1. The molecule has 0 bridgehead atoms. The summed E-state index contributed by atoms with van der Waals surface area (Å²) < 4.78 is 0. The van der Waals surface area contributed by atoms with Gasteiger partial charge in [0.1, 0.15) is 0 Å². The highest BCUT2D eigenvalue weighted by Gasteiger charge is 2.18. The molecule has 0 unspecified atom stereocenters. The lowest BCUT2D eigenvalue weighted by molar-refractivity contribution is -0.385. The van der Waals surface area contributed by atoms with Gasteiger partial charge in [0.2, 0.25) is 0 Å². The average Bonchev–Trinajstić information content (AvgIpc) is 2.47. The van der Waals surface area contributed by atoms with Crippen LogP contribution in [0.1, 0.15) is 55.5 Å². The van der Waals surface area contributed by atoms with Crippen molar-refractivity contribution < 1.29 is 9.72 Å². The van der Waals surface area contributed by atoms with Gasteiger partial charge in [-0.1, -0.05) is 39.2 Å². The number of hydrogen-bond acceptors (Lipinski definition) is 3. The van der Waals surface area contributed by atoms with E-state index in [2.05, 4.69) is 19.2 Å². The van der Waals surface area contributed by atoms with Crippen LogP contribution in [0.5, 0.6) is 0 Å². The largest absolute Gasteiger partial charge is 0.352 e. The van der Waals surface area contributed by atoms with Crippen LogP contribution in [0.3, 0.4) is 0 Å². The van der Waals surface area contributed by atoms with E-state index in [9.17, 15) is 14.9 Å². The maximum atomic E-state index is 12.2. The molecule has 0 heterocycles. The van der Waals surface area contributed by atoms with Crippen molar-refractivity contribution in [1.29, 1.82) is 0 Å². The molecule has 116 valence electrons. The molecule has 0 fully saturated rings. The number of nitro benzene ring substituents is 1. The summed E-state index contributed by atoms with van der Waals surface area (Å²) in [6.45, 7) is 6.50. The molecule has 0 aromatic heterocycles. The van der Waals surface area contributed by atoms with Gasteiger partial charge >= 0.3 is 0 Å². The second-order valence-electron chi connectivity index (χ2n) is 5.33. The lowest BCUT2D eigenvalue weighted by atomic mass is 9.99. The van der Waals surface area contributed by atoms with Gasteiger partial charge in [0.25, 0.3) is 11.6 Å². The van der Waals surface area contributed by atoms with Crippen LogP contribution < -0.4 is 5.32 Å². The van der Waals surface area contributed by atoms with E-state index in [-0.39, 0.29) is 11.6 Å². The fraction of sp³-hybridized carbons (Fsp3) is 0.562. The van der Waals surface area contributed by atoms with Crippen molar-refractivity contribution >= 4 is 11.6 Å². The predicted octanol–water partition coefficient (Wildman–Crippen LogP) is 3.85. The summed E-state index contributed by atoms with van der Waals surface area (Å²) in [5, 5.41) is 13.8. The number of carbonyl (C=O) groups excluding carboxylic acids is 1. The third kappa shape index (κ3) is 4.85. The highest BCUT2D eigenvalue weighted by Crippen LogP contribution is 2.21. The van der Waals surface area contributed by atoms with Crippen LogP contribution in [-0.4, -0.2) is 17.4 Å². The van der Waals surface area contributed by atoms with Crippen molar-refractivity contribution in [2.75, 3.05) is 6.54 Å². The predicted molar refractivity (Wildman–Crippen MR) is 83.5 cm³/mol. The molecular formula is C16H24N2O3. The Balaban J connectivity index is 2.72. The van der Waals surface area contributed by atoms with Gasteiger partial charge in [0, 0.05) is 23.7 Å². The molecule has 0 aliphatic rings. The fourth-order valence-electron chi connectivity index (χ4n) is 2.34. The zero-order valence-corrected chi connectivity index (χ0v) is 13.0. The number of nitrogens with zero attached hydrogens (tertiary/aromatic N) is 1. The molecule has 0 radical (unpaired) electrons. The Kier molecular flexibility index (Phi) is 6.85. The van der Waals surface area contributed by atoms with Crippen LogP contribution >= 0.6 is 0 Å². The molecule has 1 aromatic carbocycles. The van der Waals surface area contributed by atoms with Gasteiger partial charge in [-0.15, -0.1) is 0 Å². The Morgan fingerprint density at radius 1 is 1.38 bits per heavy atom. The Morgan fingerprint density at radius 2 is 2.10 bits per heavy atom. The smallest absolute Gasteiger partial charge is 0.273 e. The summed E-state index contributed by atoms with van der Waals surface area (Å²) in [6.07, 6.45) is 4.42. The van der Waals surface area contributed by atoms with E-state index in [0.29, 0.717) is 23.6 Å². The SMILES string of the molecule is CCCC[C@H](CC)CNC(=O)c1cccc([N+](=O)[O-])c1C. The molecule has 0 saturated heterocycles. The lowest BCUT2D eigenvalue weighted by Gasteiger charge is -2.15. The zero-order chi connectivity index (χ0) is 15.8. The Hall–Kier alpha value is -1.91. The molecule has 0 aliphatic heterocycles. The number of hydrogen-bond donors (Lipinski definition) is 1. The fourth-order valence-corrected chi connectivity index (χ4v) is 2.34. The monoisotopic (exact) mass is 292 g/mol. The van der Waals surface area contributed by atoms with Crippen LogP contribution in [-0.2, 0) is 0 Å². The van der Waals surface area contributed by atoms with Crippen molar-refractivity contribution in [1.82, 2.24) is 5.32 Å². The summed E-state index contributed by atoms with van der Waals surface area (Å²) in [4.78, 5) is 22.6. The molecular weight excluding hydrogens is 268 g/mol. The molecule has 0 spiro atoms. The quantitative estimate of drug-likeness (QED) is 0.584. The number of nitro groups is 1. The molecule has 1 N–H and O–H groups in total. The molecule has 1 atom stereocenters. The topological polar surface area (TPSA) is 72.2 Å². The first kappa shape index (κ1) is 17.1. The Labute approximate surface area is 125 Å². The summed E-state index contributed by atoms with van der Waals surface area (Å²) in [7, 11) is 0. The van der Waals surface area contributed by atoms with Gasteiger partial charge in [-0.3, -0.25) is 14.9 Å². The number of nitrogens with one attached hydrogen (secondary N) is 1. The molecule has 1 aromatic rings. The first-order valence-electron chi connectivity index (χ1n) is 7.53. The number of carbonyl (C=O) groups is 1. The van der Waals surface area contributed by atoms with Crippen LogP contribution in [0.4, 0.5) is 5.69 Å².